The van der Waals surface area contributed by atoms with Gasteiger partial charge in [0.1, 0.15) is 0 Å². The zero-order valence-electron chi connectivity index (χ0n) is 15.5. The minimum atomic E-state index is -4.49. The van der Waals surface area contributed by atoms with Crippen molar-refractivity contribution in [2.24, 2.45) is 0 Å². The Morgan fingerprint density at radius 3 is 1.89 bits per heavy atom. The molecule has 150 valence electrons. The number of ether oxygens (including phenoxy) is 1. The van der Waals surface area contributed by atoms with Gasteiger partial charge in [0.15, 0.2) is 0 Å². The Balaban J connectivity index is 1.21. The van der Waals surface area contributed by atoms with E-state index in [0.29, 0.717) is 11.8 Å². The fourth-order valence-corrected chi connectivity index (χ4v) is 4.28. The Hall–Kier alpha value is -1.41. The smallest absolute Gasteiger partial charge is 0.375 e. The third kappa shape index (κ3) is 4.54. The van der Waals surface area contributed by atoms with Crippen LogP contribution in [0.3, 0.4) is 0 Å². The Morgan fingerprint density at radius 2 is 1.41 bits per heavy atom. The lowest BCUT2D eigenvalue weighted by Crippen LogP contribution is -2.47. The summed E-state index contributed by atoms with van der Waals surface area (Å²) in [5.41, 5.74) is 0.648. The minimum absolute atomic E-state index is 0.247. The lowest BCUT2D eigenvalue weighted by atomic mass is 9.89. The van der Waals surface area contributed by atoms with Crippen molar-refractivity contribution in [3.8, 4) is 0 Å². The predicted molar refractivity (Wildman–Crippen MR) is 95.6 cm³/mol. The molecule has 27 heavy (non-hydrogen) atoms. The quantitative estimate of drug-likeness (QED) is 0.795. The van der Waals surface area contributed by atoms with Gasteiger partial charge in [-0.2, -0.15) is 13.2 Å². The summed E-state index contributed by atoms with van der Waals surface area (Å²) >= 11 is 0. The third-order valence-electron chi connectivity index (χ3n) is 6.15. The highest BCUT2D eigenvalue weighted by atomic mass is 19.4. The van der Waals surface area contributed by atoms with Gasteiger partial charge < -0.3 is 14.5 Å². The van der Waals surface area contributed by atoms with E-state index in [-0.39, 0.29) is 6.10 Å². The van der Waals surface area contributed by atoms with E-state index >= 15 is 0 Å². The Kier molecular flexibility index (Phi) is 5.55. The number of piperidine rings is 2. The van der Waals surface area contributed by atoms with Gasteiger partial charge in [-0.3, -0.25) is 0 Å². The minimum Gasteiger partial charge on any atom is -0.375 e. The summed E-state index contributed by atoms with van der Waals surface area (Å²) < 4.78 is 44.0. The standard InChI is InChI=1S/C19H27F3N4O/c20-19(21,22)18-23-12-15(13-24-18)26-10-6-17(7-11-26)27-16-4-8-25(9-5-16)14-2-1-3-14/h12-14,16-17H,1-11H2. The van der Waals surface area contributed by atoms with Gasteiger partial charge in [-0.05, 0) is 38.5 Å². The second kappa shape index (κ2) is 7.91. The summed E-state index contributed by atoms with van der Waals surface area (Å²) in [6, 6.07) is 0.820. The van der Waals surface area contributed by atoms with Gasteiger partial charge in [0.05, 0.1) is 30.3 Å². The molecule has 1 aromatic heterocycles. The average Bonchev–Trinajstić information content (AvgIpc) is 2.62. The molecule has 1 aliphatic carbocycles. The molecule has 5 nitrogen and oxygen atoms in total. The van der Waals surface area contributed by atoms with Crippen LogP contribution < -0.4 is 4.90 Å². The van der Waals surface area contributed by atoms with Crippen molar-refractivity contribution in [1.82, 2.24) is 14.9 Å². The van der Waals surface area contributed by atoms with Crippen LogP contribution in [-0.4, -0.2) is 59.3 Å². The number of likely N-dealkylation sites (tertiary alicyclic amines) is 1. The molecule has 0 aromatic carbocycles. The molecule has 4 rings (SSSR count). The Morgan fingerprint density at radius 1 is 0.852 bits per heavy atom. The average molecular weight is 384 g/mol. The van der Waals surface area contributed by atoms with Crippen molar-refractivity contribution in [3.63, 3.8) is 0 Å². The zero-order valence-corrected chi connectivity index (χ0v) is 15.5. The summed E-state index contributed by atoms with van der Waals surface area (Å²) in [5, 5.41) is 0. The van der Waals surface area contributed by atoms with Crippen LogP contribution in [0.15, 0.2) is 12.4 Å². The SMILES string of the molecule is FC(F)(F)c1ncc(N2CCC(OC3CCN(C4CCC4)CC3)CC2)cn1. The second-order valence-electron chi connectivity index (χ2n) is 7.91. The van der Waals surface area contributed by atoms with Crippen LogP contribution in [-0.2, 0) is 10.9 Å². The molecule has 0 amide bonds. The van der Waals surface area contributed by atoms with E-state index in [1.165, 1.54) is 31.7 Å². The maximum absolute atomic E-state index is 12.6. The number of nitrogens with zero attached hydrogens (tertiary/aromatic N) is 4. The molecule has 2 saturated heterocycles. The van der Waals surface area contributed by atoms with Gasteiger partial charge in [-0.15, -0.1) is 0 Å². The van der Waals surface area contributed by atoms with Crippen molar-refractivity contribution in [2.75, 3.05) is 31.1 Å². The van der Waals surface area contributed by atoms with Gasteiger partial charge in [0, 0.05) is 32.2 Å². The first kappa shape index (κ1) is 18.9. The number of rotatable bonds is 4. The molecule has 0 spiro atoms. The van der Waals surface area contributed by atoms with Gasteiger partial charge in [-0.1, -0.05) is 6.42 Å². The zero-order chi connectivity index (χ0) is 18.9. The molecular formula is C19H27F3N4O. The molecule has 0 bridgehead atoms. The van der Waals surface area contributed by atoms with Crippen LogP contribution >= 0.6 is 0 Å². The van der Waals surface area contributed by atoms with E-state index in [0.717, 1.165) is 57.9 Å². The van der Waals surface area contributed by atoms with Crippen molar-refractivity contribution < 1.29 is 17.9 Å². The van der Waals surface area contributed by atoms with Crippen molar-refractivity contribution >= 4 is 5.69 Å². The highest BCUT2D eigenvalue weighted by Crippen LogP contribution is 2.30. The molecule has 0 unspecified atom stereocenters. The first-order chi connectivity index (χ1) is 13.0. The van der Waals surface area contributed by atoms with E-state index in [1.54, 1.807) is 0 Å². The number of hydrogen-bond donors (Lipinski definition) is 0. The number of halogens is 3. The summed E-state index contributed by atoms with van der Waals surface area (Å²) in [7, 11) is 0. The van der Waals surface area contributed by atoms with Gasteiger partial charge >= 0.3 is 6.18 Å². The fraction of sp³-hybridized carbons (Fsp3) is 0.789. The summed E-state index contributed by atoms with van der Waals surface area (Å²) in [5.74, 6) is -1.09. The largest absolute Gasteiger partial charge is 0.451 e. The van der Waals surface area contributed by atoms with E-state index < -0.39 is 12.0 Å². The van der Waals surface area contributed by atoms with E-state index in [2.05, 4.69) is 14.9 Å². The van der Waals surface area contributed by atoms with Gasteiger partial charge in [0.25, 0.3) is 0 Å². The number of aromatic nitrogens is 2. The van der Waals surface area contributed by atoms with E-state index in [4.69, 9.17) is 4.74 Å². The number of alkyl halides is 3. The lowest BCUT2D eigenvalue weighted by Gasteiger charge is -2.43. The summed E-state index contributed by atoms with van der Waals surface area (Å²) in [6.07, 6.45) is 6.76. The molecule has 0 N–H and O–H groups in total. The molecule has 3 heterocycles. The van der Waals surface area contributed by atoms with Crippen molar-refractivity contribution in [3.05, 3.63) is 18.2 Å². The molecule has 2 aliphatic heterocycles. The van der Waals surface area contributed by atoms with Crippen LogP contribution in [0.4, 0.5) is 18.9 Å². The van der Waals surface area contributed by atoms with Crippen LogP contribution in [0.1, 0.15) is 50.8 Å². The number of anilines is 1. The molecule has 1 aromatic rings. The highest BCUT2D eigenvalue weighted by molar-refractivity contribution is 5.42. The maximum Gasteiger partial charge on any atom is 0.451 e. The second-order valence-corrected chi connectivity index (χ2v) is 7.91. The molecule has 3 aliphatic rings. The molecule has 0 atom stereocenters. The van der Waals surface area contributed by atoms with Crippen LogP contribution in [0, 0.1) is 0 Å². The van der Waals surface area contributed by atoms with Gasteiger partial charge in [0.2, 0.25) is 5.82 Å². The first-order valence-electron chi connectivity index (χ1n) is 10.0. The molecule has 1 saturated carbocycles. The third-order valence-corrected chi connectivity index (χ3v) is 6.15. The molecule has 3 fully saturated rings. The fourth-order valence-electron chi connectivity index (χ4n) is 4.28. The van der Waals surface area contributed by atoms with Crippen molar-refractivity contribution in [2.45, 2.75) is 69.4 Å². The maximum atomic E-state index is 12.6. The monoisotopic (exact) mass is 384 g/mol. The van der Waals surface area contributed by atoms with E-state index in [1.807, 2.05) is 4.90 Å². The van der Waals surface area contributed by atoms with Crippen LogP contribution in [0.2, 0.25) is 0 Å². The van der Waals surface area contributed by atoms with Crippen LogP contribution in [0.5, 0.6) is 0 Å². The number of hydrogen-bond acceptors (Lipinski definition) is 5. The Bertz CT molecular complexity index is 604. The first-order valence-corrected chi connectivity index (χ1v) is 10.0. The molecule has 0 radical (unpaired) electrons. The Labute approximate surface area is 157 Å². The highest BCUT2D eigenvalue weighted by Gasteiger charge is 2.35. The topological polar surface area (TPSA) is 41.5 Å². The van der Waals surface area contributed by atoms with Crippen LogP contribution in [0.25, 0.3) is 0 Å². The van der Waals surface area contributed by atoms with E-state index in [9.17, 15) is 13.2 Å². The van der Waals surface area contributed by atoms with Gasteiger partial charge in [-0.25, -0.2) is 9.97 Å². The lowest BCUT2D eigenvalue weighted by molar-refractivity contribution is -0.144. The van der Waals surface area contributed by atoms with Crippen molar-refractivity contribution in [1.29, 1.82) is 0 Å². The summed E-state index contributed by atoms with van der Waals surface area (Å²) in [4.78, 5) is 11.6. The molecular weight excluding hydrogens is 357 g/mol. The predicted octanol–water partition coefficient (Wildman–Crippen LogP) is 3.50. The normalized spacial score (nSPS) is 24.2. The summed E-state index contributed by atoms with van der Waals surface area (Å²) in [6.45, 7) is 3.83. The molecule has 8 heteroatoms.